The molecule has 0 atom stereocenters. The molecule has 0 saturated heterocycles. The first-order valence-corrected chi connectivity index (χ1v) is 9.84. The van der Waals surface area contributed by atoms with Crippen LogP contribution >= 0.6 is 11.6 Å². The summed E-state index contributed by atoms with van der Waals surface area (Å²) in [6.45, 7) is 0.342. The highest BCUT2D eigenvalue weighted by Crippen LogP contribution is 2.24. The molecular weight excluding hydrogens is 400 g/mol. The first-order valence-electron chi connectivity index (χ1n) is 9.46. The molecule has 2 N–H and O–H groups in total. The van der Waals surface area contributed by atoms with Gasteiger partial charge in [-0.15, -0.1) is 10.2 Å². The number of benzene rings is 2. The lowest BCUT2D eigenvalue weighted by atomic mass is 10.1. The van der Waals surface area contributed by atoms with Crippen molar-refractivity contribution in [2.75, 3.05) is 0 Å². The molecule has 0 radical (unpaired) electrons. The highest BCUT2D eigenvalue weighted by Gasteiger charge is 2.14. The summed E-state index contributed by atoms with van der Waals surface area (Å²) in [5.41, 5.74) is 3.70. The summed E-state index contributed by atoms with van der Waals surface area (Å²) in [6, 6.07) is 19.2. The molecule has 3 aromatic heterocycles. The minimum atomic E-state index is -0.0828. The molecule has 2 aromatic carbocycles. The summed E-state index contributed by atoms with van der Waals surface area (Å²) in [5, 5.41) is 12.3. The first-order chi connectivity index (χ1) is 14.7. The van der Waals surface area contributed by atoms with Gasteiger partial charge in [-0.2, -0.15) is 0 Å². The van der Waals surface area contributed by atoms with Gasteiger partial charge in [0.25, 0.3) is 0 Å². The predicted molar refractivity (Wildman–Crippen MR) is 116 cm³/mol. The van der Waals surface area contributed by atoms with Crippen LogP contribution in [0.4, 0.5) is 0 Å². The van der Waals surface area contributed by atoms with E-state index in [-0.39, 0.29) is 12.3 Å². The van der Waals surface area contributed by atoms with E-state index in [2.05, 4.69) is 25.5 Å². The van der Waals surface area contributed by atoms with Crippen LogP contribution in [0.25, 0.3) is 27.8 Å². The van der Waals surface area contributed by atoms with E-state index in [1.165, 1.54) is 0 Å². The summed E-state index contributed by atoms with van der Waals surface area (Å²) >= 11 is 5.86. The normalized spacial score (nSPS) is 11.2. The predicted octanol–water partition coefficient (Wildman–Crippen LogP) is 3.81. The number of aromatic amines is 1. The van der Waals surface area contributed by atoms with E-state index in [0.717, 1.165) is 33.3 Å². The maximum Gasteiger partial charge on any atom is 0.224 e. The van der Waals surface area contributed by atoms with Gasteiger partial charge in [0, 0.05) is 11.6 Å². The van der Waals surface area contributed by atoms with Gasteiger partial charge >= 0.3 is 0 Å². The van der Waals surface area contributed by atoms with Gasteiger partial charge in [-0.05, 0) is 35.9 Å². The highest BCUT2D eigenvalue weighted by molar-refractivity contribution is 6.29. The fourth-order valence-corrected chi connectivity index (χ4v) is 3.63. The number of carbonyl (C=O) groups excluding carboxylic acids is 1. The van der Waals surface area contributed by atoms with E-state index < -0.39 is 0 Å². The summed E-state index contributed by atoms with van der Waals surface area (Å²) in [4.78, 5) is 20.3. The highest BCUT2D eigenvalue weighted by atomic mass is 35.5. The Bertz CT molecular complexity index is 1320. The van der Waals surface area contributed by atoms with E-state index in [9.17, 15) is 4.79 Å². The molecular formula is C22H17ClN6O. The molecule has 0 bridgehead atoms. The molecule has 8 heteroatoms. The van der Waals surface area contributed by atoms with Crippen molar-refractivity contribution in [2.24, 2.45) is 0 Å². The van der Waals surface area contributed by atoms with Crippen molar-refractivity contribution in [1.29, 1.82) is 0 Å². The van der Waals surface area contributed by atoms with Crippen molar-refractivity contribution in [2.45, 2.75) is 13.0 Å². The van der Waals surface area contributed by atoms with E-state index in [0.29, 0.717) is 17.5 Å². The number of amides is 1. The topological polar surface area (TPSA) is 88.5 Å². The Morgan fingerprint density at radius 3 is 2.70 bits per heavy atom. The van der Waals surface area contributed by atoms with Gasteiger partial charge < -0.3 is 10.3 Å². The van der Waals surface area contributed by atoms with Crippen molar-refractivity contribution >= 4 is 39.4 Å². The Kier molecular flexibility index (Phi) is 4.65. The third-order valence-corrected chi connectivity index (χ3v) is 5.10. The monoisotopic (exact) mass is 416 g/mol. The van der Waals surface area contributed by atoms with Crippen LogP contribution in [0.3, 0.4) is 0 Å². The molecule has 30 heavy (non-hydrogen) atoms. The van der Waals surface area contributed by atoms with E-state index in [1.807, 2.05) is 59.3 Å². The lowest BCUT2D eigenvalue weighted by Crippen LogP contribution is -2.25. The summed E-state index contributed by atoms with van der Waals surface area (Å²) in [7, 11) is 0. The molecule has 0 fully saturated rings. The Labute approximate surface area is 176 Å². The molecule has 3 heterocycles. The number of fused-ring (bicyclic) bond motifs is 2. The number of hydrogen-bond donors (Lipinski definition) is 2. The number of nitrogens with one attached hydrogen (secondary N) is 2. The quantitative estimate of drug-likeness (QED) is 0.456. The number of nitrogens with zero attached hydrogens (tertiary/aromatic N) is 4. The number of H-pyrrole nitrogens is 1. The first kappa shape index (κ1) is 18.3. The number of aromatic nitrogens is 5. The van der Waals surface area contributed by atoms with Crippen LogP contribution in [0.2, 0.25) is 5.15 Å². The molecule has 0 aliphatic heterocycles. The van der Waals surface area contributed by atoms with Crippen molar-refractivity contribution in [1.82, 2.24) is 30.0 Å². The Morgan fingerprint density at radius 1 is 1.03 bits per heavy atom. The number of imidazole rings is 1. The number of rotatable bonds is 5. The van der Waals surface area contributed by atoms with E-state index >= 15 is 0 Å². The number of para-hydroxylation sites is 3. The zero-order valence-corrected chi connectivity index (χ0v) is 16.6. The number of carbonyl (C=O) groups is 1. The van der Waals surface area contributed by atoms with Crippen LogP contribution < -0.4 is 5.32 Å². The average Bonchev–Trinajstić information content (AvgIpc) is 3.34. The minimum absolute atomic E-state index is 0.0828. The molecule has 0 aliphatic carbocycles. The largest absolute Gasteiger partial charge is 0.349 e. The fraction of sp³-hybridized carbons (Fsp3) is 0.0909. The summed E-state index contributed by atoms with van der Waals surface area (Å²) in [5.74, 6) is 1.29. The van der Waals surface area contributed by atoms with Gasteiger partial charge in [0.1, 0.15) is 5.82 Å². The fourth-order valence-electron chi connectivity index (χ4n) is 3.53. The van der Waals surface area contributed by atoms with Crippen molar-refractivity contribution in [3.05, 3.63) is 83.4 Å². The van der Waals surface area contributed by atoms with Crippen molar-refractivity contribution in [3.8, 4) is 5.82 Å². The van der Waals surface area contributed by atoms with Crippen LogP contribution in [0, 0.1) is 0 Å². The second kappa shape index (κ2) is 7.61. The van der Waals surface area contributed by atoms with Crippen molar-refractivity contribution in [3.63, 3.8) is 0 Å². The van der Waals surface area contributed by atoms with Gasteiger partial charge in [-0.1, -0.05) is 41.9 Å². The lowest BCUT2D eigenvalue weighted by Gasteiger charge is -2.03. The van der Waals surface area contributed by atoms with Gasteiger partial charge in [0.05, 0.1) is 29.5 Å². The molecule has 5 aromatic rings. The Morgan fingerprint density at radius 2 is 1.87 bits per heavy atom. The smallest absolute Gasteiger partial charge is 0.224 e. The summed E-state index contributed by atoms with van der Waals surface area (Å²) < 4.78 is 1.92. The summed E-state index contributed by atoms with van der Waals surface area (Å²) in [6.07, 6.45) is 2.16. The Hall–Kier alpha value is -3.71. The second-order valence-electron chi connectivity index (χ2n) is 6.91. The number of halogens is 1. The van der Waals surface area contributed by atoms with Crippen LogP contribution in [0.1, 0.15) is 11.4 Å². The van der Waals surface area contributed by atoms with Crippen LogP contribution in [-0.4, -0.2) is 30.6 Å². The molecule has 5 rings (SSSR count). The van der Waals surface area contributed by atoms with E-state index in [4.69, 9.17) is 11.6 Å². The van der Waals surface area contributed by atoms with Crippen LogP contribution in [0.5, 0.6) is 0 Å². The maximum absolute atomic E-state index is 12.6. The molecule has 1 amide bonds. The zero-order chi connectivity index (χ0) is 20.5. The standard InChI is InChI=1S/C22H17ClN6O/c23-19-9-10-21(28-27-19)29-13-14(15-5-1-4-8-18(15)29)11-22(30)24-12-20-25-16-6-2-3-7-17(16)26-20/h1-10,13H,11-12H2,(H,24,30)(H,25,26). The molecule has 0 unspecified atom stereocenters. The molecule has 0 spiro atoms. The molecule has 148 valence electrons. The minimum Gasteiger partial charge on any atom is -0.349 e. The average molecular weight is 417 g/mol. The number of hydrogen-bond acceptors (Lipinski definition) is 4. The van der Waals surface area contributed by atoms with E-state index in [1.54, 1.807) is 12.1 Å². The Balaban J connectivity index is 1.36. The molecule has 0 saturated carbocycles. The SMILES string of the molecule is O=C(Cc1cn(-c2ccc(Cl)nn2)c2ccccc12)NCc1nc2ccccc2[nH]1. The van der Waals surface area contributed by atoms with Gasteiger partial charge in [-0.3, -0.25) is 9.36 Å². The van der Waals surface area contributed by atoms with Crippen LogP contribution in [0.15, 0.2) is 66.9 Å². The molecule has 7 nitrogen and oxygen atoms in total. The van der Waals surface area contributed by atoms with Crippen LogP contribution in [-0.2, 0) is 17.8 Å². The van der Waals surface area contributed by atoms with Gasteiger partial charge in [0.2, 0.25) is 5.91 Å². The zero-order valence-electron chi connectivity index (χ0n) is 15.8. The maximum atomic E-state index is 12.6. The second-order valence-corrected chi connectivity index (χ2v) is 7.30. The molecule has 0 aliphatic rings. The third kappa shape index (κ3) is 3.51. The van der Waals surface area contributed by atoms with Gasteiger partial charge in [-0.25, -0.2) is 4.98 Å². The third-order valence-electron chi connectivity index (χ3n) is 4.90. The van der Waals surface area contributed by atoms with Gasteiger partial charge in [0.15, 0.2) is 11.0 Å². The lowest BCUT2D eigenvalue weighted by molar-refractivity contribution is -0.120. The van der Waals surface area contributed by atoms with Crippen molar-refractivity contribution < 1.29 is 4.79 Å².